The number of hydrogen-bond donors (Lipinski definition) is 1. The van der Waals surface area contributed by atoms with Crippen molar-refractivity contribution in [2.24, 2.45) is 0 Å². The maximum Gasteiger partial charge on any atom is 0.270 e. The van der Waals surface area contributed by atoms with Crippen molar-refractivity contribution in [2.45, 2.75) is 12.2 Å². The fourth-order valence-corrected chi connectivity index (χ4v) is 2.02. The number of carbonyl (C=O) groups excluding carboxylic acids is 1. The molecule has 0 aliphatic carbocycles. The number of pyridine rings is 1. The van der Waals surface area contributed by atoms with Crippen LogP contribution in [0.4, 0.5) is 4.39 Å². The van der Waals surface area contributed by atoms with Gasteiger partial charge < -0.3 is 14.6 Å². The zero-order chi connectivity index (χ0) is 13.9. The van der Waals surface area contributed by atoms with Crippen molar-refractivity contribution in [1.29, 1.82) is 0 Å². The van der Waals surface area contributed by atoms with Gasteiger partial charge in [-0.05, 0) is 12.1 Å². The molecule has 0 radical (unpaired) electrons. The first-order valence-corrected chi connectivity index (χ1v) is 6.21. The fraction of sp³-hybridized carbons (Fsp3) is 0.308. The van der Waals surface area contributed by atoms with Crippen LogP contribution in [-0.2, 0) is 4.74 Å². The normalized spacial score (nSPS) is 21.9. The van der Waals surface area contributed by atoms with Crippen LogP contribution in [0.2, 0.25) is 0 Å². The van der Waals surface area contributed by atoms with E-state index in [2.05, 4.69) is 15.3 Å². The molecular formula is C13H13FN4O2. The van der Waals surface area contributed by atoms with Crippen molar-refractivity contribution in [1.82, 2.24) is 19.9 Å². The Labute approximate surface area is 114 Å². The molecule has 0 bridgehead atoms. The molecule has 1 aliphatic rings. The number of aromatic nitrogens is 3. The Kier molecular flexibility index (Phi) is 3.42. The summed E-state index contributed by atoms with van der Waals surface area (Å²) < 4.78 is 20.1. The van der Waals surface area contributed by atoms with Gasteiger partial charge >= 0.3 is 0 Å². The Balaban J connectivity index is 1.76. The summed E-state index contributed by atoms with van der Waals surface area (Å²) in [4.78, 5) is 20.0. The second-order valence-electron chi connectivity index (χ2n) is 4.50. The summed E-state index contributed by atoms with van der Waals surface area (Å²) in [6.45, 7) is 0.210. The highest BCUT2D eigenvalue weighted by Gasteiger charge is 2.29. The second-order valence-corrected chi connectivity index (χ2v) is 4.50. The Morgan fingerprint density at radius 3 is 3.05 bits per heavy atom. The molecule has 0 saturated carbocycles. The van der Waals surface area contributed by atoms with Crippen LogP contribution in [0.5, 0.6) is 0 Å². The molecular weight excluding hydrogens is 263 g/mol. The number of halogens is 1. The highest BCUT2D eigenvalue weighted by atomic mass is 19.1. The van der Waals surface area contributed by atoms with Crippen LogP contribution in [0.3, 0.4) is 0 Å². The van der Waals surface area contributed by atoms with E-state index >= 15 is 0 Å². The minimum Gasteiger partial charge on any atom is -0.376 e. The summed E-state index contributed by atoms with van der Waals surface area (Å²) in [5.41, 5.74) is 0.998. The summed E-state index contributed by atoms with van der Waals surface area (Å²) >= 11 is 0. The van der Waals surface area contributed by atoms with Crippen LogP contribution >= 0.6 is 0 Å². The van der Waals surface area contributed by atoms with Gasteiger partial charge in [-0.3, -0.25) is 9.78 Å². The summed E-state index contributed by atoms with van der Waals surface area (Å²) in [6, 6.07) is 2.77. The van der Waals surface area contributed by atoms with Crippen molar-refractivity contribution in [2.75, 3.05) is 13.2 Å². The van der Waals surface area contributed by atoms with E-state index in [1.165, 1.54) is 6.20 Å². The number of alkyl halides is 1. The predicted molar refractivity (Wildman–Crippen MR) is 68.3 cm³/mol. The molecule has 0 aromatic carbocycles. The maximum absolute atomic E-state index is 13.4. The van der Waals surface area contributed by atoms with Gasteiger partial charge in [0.25, 0.3) is 5.91 Å². The molecule has 0 unspecified atom stereocenters. The van der Waals surface area contributed by atoms with Crippen LogP contribution in [-0.4, -0.2) is 45.9 Å². The molecule has 6 nitrogen and oxygen atoms in total. The maximum atomic E-state index is 13.4. The van der Waals surface area contributed by atoms with Gasteiger partial charge in [0.2, 0.25) is 0 Å². The highest BCUT2D eigenvalue weighted by Crippen LogP contribution is 2.11. The van der Waals surface area contributed by atoms with Gasteiger partial charge in [-0.25, -0.2) is 9.37 Å². The molecule has 1 N–H and O–H groups in total. The fourth-order valence-electron chi connectivity index (χ4n) is 2.02. The monoisotopic (exact) mass is 276 g/mol. The lowest BCUT2D eigenvalue weighted by atomic mass is 10.2. The molecule has 0 spiro atoms. The van der Waals surface area contributed by atoms with Gasteiger partial charge in [0.1, 0.15) is 11.9 Å². The molecule has 104 valence electrons. The zero-order valence-corrected chi connectivity index (χ0v) is 10.6. The summed E-state index contributed by atoms with van der Waals surface area (Å²) in [6.07, 6.45) is 5.39. The lowest BCUT2D eigenvalue weighted by Crippen LogP contribution is -2.41. The number of nitrogens with zero attached hydrogens (tertiary/aromatic N) is 3. The minimum atomic E-state index is -1.17. The van der Waals surface area contributed by atoms with Gasteiger partial charge in [-0.2, -0.15) is 0 Å². The summed E-state index contributed by atoms with van der Waals surface area (Å²) in [5.74, 6) is -0.412. The third-order valence-electron chi connectivity index (χ3n) is 3.11. The van der Waals surface area contributed by atoms with Crippen molar-refractivity contribution >= 4 is 5.91 Å². The van der Waals surface area contributed by atoms with Crippen LogP contribution in [0.15, 0.2) is 37.1 Å². The van der Waals surface area contributed by atoms with Gasteiger partial charge in [-0.1, -0.05) is 0 Å². The molecule has 3 heterocycles. The first-order chi connectivity index (χ1) is 9.74. The van der Waals surface area contributed by atoms with E-state index < -0.39 is 18.1 Å². The molecule has 2 aromatic heterocycles. The summed E-state index contributed by atoms with van der Waals surface area (Å²) in [5, 5.41) is 2.59. The number of hydrogen-bond acceptors (Lipinski definition) is 4. The van der Waals surface area contributed by atoms with Crippen LogP contribution < -0.4 is 5.32 Å². The van der Waals surface area contributed by atoms with Crippen LogP contribution in [0.1, 0.15) is 10.5 Å². The molecule has 2 aromatic rings. The molecule has 1 saturated heterocycles. The van der Waals surface area contributed by atoms with Crippen molar-refractivity contribution in [3.05, 3.63) is 42.7 Å². The topological polar surface area (TPSA) is 69.0 Å². The van der Waals surface area contributed by atoms with E-state index in [0.29, 0.717) is 0 Å². The Bertz CT molecular complexity index is 602. The van der Waals surface area contributed by atoms with E-state index in [4.69, 9.17) is 4.74 Å². The van der Waals surface area contributed by atoms with E-state index in [-0.39, 0.29) is 18.9 Å². The first kappa shape index (κ1) is 12.7. The van der Waals surface area contributed by atoms with Crippen LogP contribution in [0, 0.1) is 0 Å². The number of amides is 1. The van der Waals surface area contributed by atoms with E-state index in [1.807, 2.05) is 0 Å². The second kappa shape index (κ2) is 5.38. The number of carbonyl (C=O) groups is 1. The molecule has 2 atom stereocenters. The van der Waals surface area contributed by atoms with E-state index in [1.54, 1.807) is 35.4 Å². The smallest absolute Gasteiger partial charge is 0.270 e. The van der Waals surface area contributed by atoms with E-state index in [9.17, 15) is 9.18 Å². The molecule has 1 aliphatic heterocycles. The molecule has 7 heteroatoms. The zero-order valence-electron chi connectivity index (χ0n) is 10.6. The number of imidazole rings is 1. The van der Waals surface area contributed by atoms with E-state index in [0.717, 1.165) is 5.69 Å². The van der Waals surface area contributed by atoms with Gasteiger partial charge in [-0.15, -0.1) is 0 Å². The molecule has 1 fully saturated rings. The number of ether oxygens (including phenoxy) is 1. The summed E-state index contributed by atoms with van der Waals surface area (Å²) in [7, 11) is 0. The lowest BCUT2D eigenvalue weighted by molar-refractivity contribution is 0.0915. The third-order valence-corrected chi connectivity index (χ3v) is 3.11. The average molecular weight is 276 g/mol. The molecule has 20 heavy (non-hydrogen) atoms. The predicted octanol–water partition coefficient (Wildman–Crippen LogP) is 0.734. The number of rotatable bonds is 3. The third kappa shape index (κ3) is 2.53. The molecule has 1 amide bonds. The van der Waals surface area contributed by atoms with Crippen molar-refractivity contribution in [3.63, 3.8) is 0 Å². The number of nitrogens with one attached hydrogen (secondary N) is 1. The van der Waals surface area contributed by atoms with Gasteiger partial charge in [0.05, 0.1) is 31.3 Å². The highest BCUT2D eigenvalue weighted by molar-refractivity contribution is 5.93. The lowest BCUT2D eigenvalue weighted by Gasteiger charge is -2.13. The molecule has 3 rings (SSSR count). The van der Waals surface area contributed by atoms with Gasteiger partial charge in [0, 0.05) is 18.6 Å². The average Bonchev–Trinajstić information content (AvgIpc) is 3.12. The SMILES string of the molecule is O=C(N[C@H]1COC[C@H]1F)c1cc(-n2ccnc2)ccn1. The van der Waals surface area contributed by atoms with Crippen molar-refractivity contribution in [3.8, 4) is 5.69 Å². The van der Waals surface area contributed by atoms with Crippen LogP contribution in [0.25, 0.3) is 5.69 Å². The minimum absolute atomic E-state index is 0.0213. The Morgan fingerprint density at radius 2 is 2.35 bits per heavy atom. The standard InChI is InChI=1S/C13H13FN4O2/c14-10-6-20-7-12(10)17-13(19)11-5-9(1-2-16-11)18-4-3-15-8-18/h1-5,8,10,12H,6-7H2,(H,17,19)/t10-,12+/m1/s1. The quantitative estimate of drug-likeness (QED) is 0.897. The van der Waals surface area contributed by atoms with Crippen molar-refractivity contribution < 1.29 is 13.9 Å². The largest absolute Gasteiger partial charge is 0.376 e. The first-order valence-electron chi connectivity index (χ1n) is 6.21. The Hall–Kier alpha value is -2.28. The Morgan fingerprint density at radius 1 is 1.45 bits per heavy atom. The van der Waals surface area contributed by atoms with Gasteiger partial charge in [0.15, 0.2) is 0 Å².